The van der Waals surface area contributed by atoms with Crippen molar-refractivity contribution < 1.29 is 13.2 Å². The van der Waals surface area contributed by atoms with E-state index in [0.717, 1.165) is 29.7 Å². The SMILES string of the molecule is N#Cc1ccc(CNC(=O)N2CCCc3cc(NS(=O)(=O)c4ccccc4)ccc32)cc1. The minimum atomic E-state index is -3.68. The summed E-state index contributed by atoms with van der Waals surface area (Å²) in [6.45, 7) is 0.937. The lowest BCUT2D eigenvalue weighted by Crippen LogP contribution is -2.42. The van der Waals surface area contributed by atoms with E-state index in [2.05, 4.69) is 16.1 Å². The van der Waals surface area contributed by atoms with Gasteiger partial charge in [-0.25, -0.2) is 13.2 Å². The molecule has 2 N–H and O–H groups in total. The molecule has 1 aliphatic rings. The summed E-state index contributed by atoms with van der Waals surface area (Å²) in [6.07, 6.45) is 1.54. The summed E-state index contributed by atoms with van der Waals surface area (Å²) in [5.74, 6) is 0. The van der Waals surface area contributed by atoms with Crippen LogP contribution in [-0.2, 0) is 23.0 Å². The zero-order valence-electron chi connectivity index (χ0n) is 17.3. The zero-order valence-corrected chi connectivity index (χ0v) is 18.1. The van der Waals surface area contributed by atoms with Gasteiger partial charge in [0.15, 0.2) is 0 Å². The summed E-state index contributed by atoms with van der Waals surface area (Å²) in [5, 5.41) is 11.8. The molecule has 0 unspecified atom stereocenters. The molecule has 8 heteroatoms. The number of amides is 2. The number of rotatable bonds is 5. The molecule has 0 atom stereocenters. The highest BCUT2D eigenvalue weighted by Crippen LogP contribution is 2.30. The fourth-order valence-electron chi connectivity index (χ4n) is 3.66. The third-order valence-electron chi connectivity index (χ3n) is 5.28. The third kappa shape index (κ3) is 4.74. The van der Waals surface area contributed by atoms with E-state index in [0.29, 0.717) is 24.3 Å². The topological polar surface area (TPSA) is 102 Å². The van der Waals surface area contributed by atoms with Crippen molar-refractivity contribution in [3.8, 4) is 6.07 Å². The molecule has 1 heterocycles. The largest absolute Gasteiger partial charge is 0.334 e. The molecule has 0 fully saturated rings. The monoisotopic (exact) mass is 446 g/mol. The normalized spacial score (nSPS) is 13.0. The molecule has 162 valence electrons. The summed E-state index contributed by atoms with van der Waals surface area (Å²) < 4.78 is 27.8. The van der Waals surface area contributed by atoms with E-state index >= 15 is 0 Å². The van der Waals surface area contributed by atoms with Gasteiger partial charge < -0.3 is 5.32 Å². The minimum absolute atomic E-state index is 0.196. The van der Waals surface area contributed by atoms with Gasteiger partial charge in [-0.05, 0) is 66.4 Å². The summed E-state index contributed by atoms with van der Waals surface area (Å²) >= 11 is 0. The van der Waals surface area contributed by atoms with E-state index in [1.165, 1.54) is 0 Å². The van der Waals surface area contributed by atoms with Gasteiger partial charge >= 0.3 is 6.03 Å². The van der Waals surface area contributed by atoms with Gasteiger partial charge in [0.05, 0.1) is 16.5 Å². The Balaban J connectivity index is 1.46. The van der Waals surface area contributed by atoms with Crippen LogP contribution < -0.4 is 14.9 Å². The molecule has 3 aromatic carbocycles. The van der Waals surface area contributed by atoms with Crippen LogP contribution in [0.25, 0.3) is 0 Å². The van der Waals surface area contributed by atoms with Crippen molar-refractivity contribution in [3.05, 3.63) is 89.5 Å². The Morgan fingerprint density at radius 3 is 2.50 bits per heavy atom. The number of nitriles is 1. The second kappa shape index (κ2) is 9.12. The van der Waals surface area contributed by atoms with Gasteiger partial charge in [-0.15, -0.1) is 0 Å². The molecule has 0 aromatic heterocycles. The van der Waals surface area contributed by atoms with Crippen molar-refractivity contribution in [1.82, 2.24) is 5.32 Å². The van der Waals surface area contributed by atoms with E-state index in [1.807, 2.05) is 12.1 Å². The predicted octanol–water partition coefficient (Wildman–Crippen LogP) is 4.02. The molecule has 0 saturated carbocycles. The maximum Gasteiger partial charge on any atom is 0.322 e. The Labute approximate surface area is 187 Å². The van der Waals surface area contributed by atoms with Gasteiger partial charge in [-0.3, -0.25) is 9.62 Å². The molecular formula is C24H22N4O3S. The number of nitrogens with one attached hydrogen (secondary N) is 2. The number of benzene rings is 3. The first-order chi connectivity index (χ1) is 15.5. The van der Waals surface area contributed by atoms with Gasteiger partial charge in [-0.1, -0.05) is 30.3 Å². The number of anilines is 2. The second-order valence-corrected chi connectivity index (χ2v) is 9.17. The highest BCUT2D eigenvalue weighted by atomic mass is 32.2. The maximum absolute atomic E-state index is 12.8. The predicted molar refractivity (Wildman–Crippen MR) is 123 cm³/mol. The zero-order chi connectivity index (χ0) is 22.6. The van der Waals surface area contributed by atoms with E-state index in [9.17, 15) is 13.2 Å². The molecule has 32 heavy (non-hydrogen) atoms. The number of aryl methyl sites for hydroxylation is 1. The Bertz CT molecular complexity index is 1270. The fourth-order valence-corrected chi connectivity index (χ4v) is 4.73. The first-order valence-corrected chi connectivity index (χ1v) is 11.7. The van der Waals surface area contributed by atoms with Crippen molar-refractivity contribution >= 4 is 27.4 Å². The van der Waals surface area contributed by atoms with E-state index in [4.69, 9.17) is 5.26 Å². The van der Waals surface area contributed by atoms with Crippen molar-refractivity contribution in [2.45, 2.75) is 24.3 Å². The third-order valence-corrected chi connectivity index (χ3v) is 6.67. The first-order valence-electron chi connectivity index (χ1n) is 10.2. The minimum Gasteiger partial charge on any atom is -0.334 e. The number of carbonyl (C=O) groups is 1. The summed E-state index contributed by atoms with van der Waals surface area (Å²) in [6, 6.07) is 22.4. The number of nitrogens with zero attached hydrogens (tertiary/aromatic N) is 2. The fraction of sp³-hybridized carbons (Fsp3) is 0.167. The number of carbonyl (C=O) groups excluding carboxylic acids is 1. The van der Waals surface area contributed by atoms with Crippen molar-refractivity contribution in [2.24, 2.45) is 0 Å². The molecule has 7 nitrogen and oxygen atoms in total. The highest BCUT2D eigenvalue weighted by molar-refractivity contribution is 7.92. The molecule has 0 aliphatic carbocycles. The Morgan fingerprint density at radius 2 is 1.78 bits per heavy atom. The van der Waals surface area contributed by atoms with Crippen LogP contribution in [0.4, 0.5) is 16.2 Å². The quantitative estimate of drug-likeness (QED) is 0.618. The Morgan fingerprint density at radius 1 is 1.03 bits per heavy atom. The van der Waals surface area contributed by atoms with Crippen molar-refractivity contribution in [1.29, 1.82) is 5.26 Å². The van der Waals surface area contributed by atoms with Gasteiger partial charge in [0.1, 0.15) is 0 Å². The van der Waals surface area contributed by atoms with Crippen LogP contribution >= 0.6 is 0 Å². The second-order valence-electron chi connectivity index (χ2n) is 7.48. The van der Waals surface area contributed by atoms with Crippen molar-refractivity contribution in [2.75, 3.05) is 16.2 Å². The van der Waals surface area contributed by atoms with Gasteiger partial charge in [0.2, 0.25) is 0 Å². The molecule has 0 radical (unpaired) electrons. The molecule has 4 rings (SSSR count). The number of sulfonamides is 1. The van der Waals surface area contributed by atoms with Crippen LogP contribution in [0, 0.1) is 11.3 Å². The van der Waals surface area contributed by atoms with E-state index < -0.39 is 10.0 Å². The van der Waals surface area contributed by atoms with Crippen LogP contribution in [0.3, 0.4) is 0 Å². The van der Waals surface area contributed by atoms with Crippen LogP contribution in [0.15, 0.2) is 77.7 Å². The Kier molecular flexibility index (Phi) is 6.10. The van der Waals surface area contributed by atoms with E-state index in [1.54, 1.807) is 65.6 Å². The molecule has 1 aliphatic heterocycles. The van der Waals surface area contributed by atoms with Gasteiger partial charge in [0.25, 0.3) is 10.0 Å². The highest BCUT2D eigenvalue weighted by Gasteiger charge is 2.23. The van der Waals surface area contributed by atoms with Gasteiger partial charge in [0, 0.05) is 24.5 Å². The van der Waals surface area contributed by atoms with Crippen LogP contribution in [0.1, 0.15) is 23.1 Å². The van der Waals surface area contributed by atoms with Gasteiger partial charge in [-0.2, -0.15) is 5.26 Å². The molecule has 0 saturated heterocycles. The molecule has 0 spiro atoms. The number of fused-ring (bicyclic) bond motifs is 1. The number of hydrogen-bond donors (Lipinski definition) is 2. The molecule has 0 bridgehead atoms. The van der Waals surface area contributed by atoms with Crippen LogP contribution in [-0.4, -0.2) is 21.0 Å². The molecule has 2 amide bonds. The lowest BCUT2D eigenvalue weighted by molar-refractivity contribution is 0.245. The first kappa shape index (κ1) is 21.4. The summed E-state index contributed by atoms with van der Waals surface area (Å²) in [4.78, 5) is 14.7. The number of hydrogen-bond acceptors (Lipinski definition) is 4. The average molecular weight is 447 g/mol. The summed E-state index contributed by atoms with van der Waals surface area (Å²) in [5.41, 5.74) is 3.63. The average Bonchev–Trinajstić information content (AvgIpc) is 2.82. The Hall–Kier alpha value is -3.83. The molecular weight excluding hydrogens is 424 g/mol. The number of urea groups is 1. The van der Waals surface area contributed by atoms with Crippen LogP contribution in [0.5, 0.6) is 0 Å². The lowest BCUT2D eigenvalue weighted by atomic mass is 10.0. The summed E-state index contributed by atoms with van der Waals surface area (Å²) in [7, 11) is -3.68. The van der Waals surface area contributed by atoms with E-state index in [-0.39, 0.29) is 10.9 Å². The lowest BCUT2D eigenvalue weighted by Gasteiger charge is -2.30. The van der Waals surface area contributed by atoms with Crippen LogP contribution in [0.2, 0.25) is 0 Å². The standard InChI is InChI=1S/C24H22N4O3S/c25-16-18-8-10-19(11-9-18)17-26-24(29)28-14-4-5-20-15-21(12-13-23(20)28)27-32(30,31)22-6-2-1-3-7-22/h1-3,6-13,15,27H,4-5,14,17H2,(H,26,29). The molecule has 3 aromatic rings. The maximum atomic E-state index is 12.8. The van der Waals surface area contributed by atoms with Crippen molar-refractivity contribution in [3.63, 3.8) is 0 Å². The smallest absolute Gasteiger partial charge is 0.322 e.